The van der Waals surface area contributed by atoms with Crippen LogP contribution in [0, 0.1) is 5.82 Å². The van der Waals surface area contributed by atoms with Crippen molar-refractivity contribution in [1.82, 2.24) is 19.6 Å². The number of anilines is 1. The van der Waals surface area contributed by atoms with E-state index in [0.717, 1.165) is 0 Å². The highest BCUT2D eigenvalue weighted by Crippen LogP contribution is 2.16. The molecule has 168 valence electrons. The summed E-state index contributed by atoms with van der Waals surface area (Å²) in [5.41, 5.74) is 1.29. The smallest absolute Gasteiger partial charge is 0.241 e. The Labute approximate surface area is 184 Å². The molecule has 0 aliphatic carbocycles. The fourth-order valence-electron chi connectivity index (χ4n) is 2.89. The van der Waals surface area contributed by atoms with Crippen molar-refractivity contribution in [3.8, 4) is 5.69 Å². The quantitative estimate of drug-likeness (QED) is 0.475. The average Bonchev–Trinajstić information content (AvgIpc) is 3.26. The van der Waals surface area contributed by atoms with Crippen LogP contribution in [-0.4, -0.2) is 35.8 Å². The molecule has 11 heteroatoms. The van der Waals surface area contributed by atoms with E-state index in [9.17, 15) is 22.4 Å². The van der Waals surface area contributed by atoms with Gasteiger partial charge in [-0.25, -0.2) is 17.8 Å². The van der Waals surface area contributed by atoms with Gasteiger partial charge in [0.05, 0.1) is 23.0 Å². The molecule has 32 heavy (non-hydrogen) atoms. The van der Waals surface area contributed by atoms with Gasteiger partial charge in [0.25, 0.3) is 0 Å². The van der Waals surface area contributed by atoms with E-state index in [4.69, 9.17) is 0 Å². The summed E-state index contributed by atoms with van der Waals surface area (Å²) in [6, 6.07) is 8.99. The second-order valence-corrected chi connectivity index (χ2v) is 8.74. The third kappa shape index (κ3) is 5.77. The molecule has 3 N–H and O–H groups in total. The lowest BCUT2D eigenvalue weighted by molar-refractivity contribution is -0.122. The Kier molecular flexibility index (Phi) is 7.01. The molecule has 2 amide bonds. The molecule has 1 atom stereocenters. The highest BCUT2D eigenvalue weighted by molar-refractivity contribution is 7.89. The number of rotatable bonds is 8. The van der Waals surface area contributed by atoms with Crippen LogP contribution in [0.5, 0.6) is 0 Å². The van der Waals surface area contributed by atoms with Crippen LogP contribution in [-0.2, 0) is 26.2 Å². The van der Waals surface area contributed by atoms with Crippen molar-refractivity contribution in [3.63, 3.8) is 0 Å². The van der Waals surface area contributed by atoms with E-state index in [1.807, 2.05) is 0 Å². The molecular weight excluding hydrogens is 437 g/mol. The minimum atomic E-state index is -3.96. The molecule has 1 aromatic heterocycles. The first kappa shape index (κ1) is 23.1. The summed E-state index contributed by atoms with van der Waals surface area (Å²) >= 11 is 0. The summed E-state index contributed by atoms with van der Waals surface area (Å²) < 4.78 is 43.2. The van der Waals surface area contributed by atoms with Crippen molar-refractivity contribution in [2.45, 2.75) is 31.3 Å². The van der Waals surface area contributed by atoms with Crippen molar-refractivity contribution in [2.24, 2.45) is 0 Å². The third-order valence-corrected chi connectivity index (χ3v) is 6.03. The van der Waals surface area contributed by atoms with Crippen LogP contribution in [0.1, 0.15) is 19.4 Å². The number of imidazole rings is 1. The topological polar surface area (TPSA) is 122 Å². The van der Waals surface area contributed by atoms with Gasteiger partial charge >= 0.3 is 0 Å². The molecule has 3 aromatic rings. The van der Waals surface area contributed by atoms with Crippen molar-refractivity contribution < 1.29 is 22.4 Å². The Hall–Kier alpha value is -3.57. The van der Waals surface area contributed by atoms with Gasteiger partial charge in [-0.3, -0.25) is 9.59 Å². The highest BCUT2D eigenvalue weighted by atomic mass is 32.2. The monoisotopic (exact) mass is 459 g/mol. The molecule has 9 nitrogen and oxygen atoms in total. The molecule has 3 rings (SSSR count). The number of hydrogen-bond donors (Lipinski definition) is 3. The molecule has 0 aliphatic heterocycles. The number of amides is 2. The summed E-state index contributed by atoms with van der Waals surface area (Å²) in [7, 11) is -3.96. The average molecular weight is 460 g/mol. The normalized spacial score (nSPS) is 12.2. The van der Waals surface area contributed by atoms with Crippen LogP contribution in [0.4, 0.5) is 10.1 Å². The van der Waals surface area contributed by atoms with Crippen molar-refractivity contribution in [2.75, 3.05) is 5.32 Å². The molecule has 1 heterocycles. The zero-order valence-electron chi connectivity index (χ0n) is 17.4. The zero-order chi connectivity index (χ0) is 23.3. The predicted molar refractivity (Wildman–Crippen MR) is 116 cm³/mol. The molecule has 0 radical (unpaired) electrons. The molecular formula is C21H22FN5O4S. The molecule has 0 fully saturated rings. The van der Waals surface area contributed by atoms with Crippen molar-refractivity contribution in [1.29, 1.82) is 0 Å². The zero-order valence-corrected chi connectivity index (χ0v) is 18.2. The summed E-state index contributed by atoms with van der Waals surface area (Å²) in [5, 5.41) is 5.13. The van der Waals surface area contributed by atoms with Crippen molar-refractivity contribution in [3.05, 3.63) is 72.6 Å². The highest BCUT2D eigenvalue weighted by Gasteiger charge is 2.22. The largest absolute Gasteiger partial charge is 0.351 e. The van der Waals surface area contributed by atoms with E-state index in [2.05, 4.69) is 20.3 Å². The minimum absolute atomic E-state index is 0.0252. The lowest BCUT2D eigenvalue weighted by atomic mass is 10.2. The maximum Gasteiger partial charge on any atom is 0.241 e. The van der Waals surface area contributed by atoms with Gasteiger partial charge in [0.1, 0.15) is 5.82 Å². The fourth-order valence-corrected chi connectivity index (χ4v) is 4.09. The summed E-state index contributed by atoms with van der Waals surface area (Å²) in [4.78, 5) is 27.2. The molecule has 0 unspecified atom stereocenters. The van der Waals surface area contributed by atoms with Gasteiger partial charge in [0, 0.05) is 31.5 Å². The first-order chi connectivity index (χ1) is 15.2. The predicted octanol–water partition coefficient (Wildman–Crippen LogP) is 1.95. The number of benzene rings is 2. The first-order valence-electron chi connectivity index (χ1n) is 9.60. The van der Waals surface area contributed by atoms with Crippen LogP contribution in [0.2, 0.25) is 0 Å². The summed E-state index contributed by atoms with van der Waals surface area (Å²) in [5.74, 6) is -1.32. The maximum absolute atomic E-state index is 14.3. The molecule has 0 saturated carbocycles. The molecule has 2 aromatic carbocycles. The number of carbonyl (C=O) groups excluding carboxylic acids is 2. The molecule has 0 spiro atoms. The SMILES string of the molecule is CC(=O)Nc1ccc(S(=O)(=O)N[C@@H](C)C(=O)NCc2ccc(-n3ccnc3)c(F)c2)cc1. The van der Waals surface area contributed by atoms with E-state index in [1.165, 1.54) is 61.3 Å². The van der Waals surface area contributed by atoms with Crippen LogP contribution < -0.4 is 15.4 Å². The summed E-state index contributed by atoms with van der Waals surface area (Å²) in [6.45, 7) is 2.77. The van der Waals surface area contributed by atoms with E-state index in [1.54, 1.807) is 18.3 Å². The van der Waals surface area contributed by atoms with Gasteiger partial charge in [0.15, 0.2) is 0 Å². The minimum Gasteiger partial charge on any atom is -0.351 e. The Bertz CT molecular complexity index is 1210. The van der Waals surface area contributed by atoms with Gasteiger partial charge in [0.2, 0.25) is 21.8 Å². The second kappa shape index (κ2) is 9.71. The number of hydrogen-bond acceptors (Lipinski definition) is 5. The van der Waals surface area contributed by atoms with Gasteiger partial charge in [-0.1, -0.05) is 6.07 Å². The maximum atomic E-state index is 14.3. The Morgan fingerprint density at radius 3 is 2.47 bits per heavy atom. The van der Waals surface area contributed by atoms with Crippen LogP contribution in [0.15, 0.2) is 66.1 Å². The number of nitrogens with one attached hydrogen (secondary N) is 3. The van der Waals surface area contributed by atoms with E-state index >= 15 is 0 Å². The molecule has 0 aliphatic rings. The van der Waals surface area contributed by atoms with Crippen LogP contribution in [0.3, 0.4) is 0 Å². The number of carbonyl (C=O) groups is 2. The number of aromatic nitrogens is 2. The Morgan fingerprint density at radius 1 is 1.16 bits per heavy atom. The molecule has 0 bridgehead atoms. The number of nitrogens with zero attached hydrogens (tertiary/aromatic N) is 2. The van der Waals surface area contributed by atoms with Gasteiger partial charge in [-0.05, 0) is 48.9 Å². The van der Waals surface area contributed by atoms with Crippen LogP contribution in [0.25, 0.3) is 5.69 Å². The summed E-state index contributed by atoms with van der Waals surface area (Å²) in [6.07, 6.45) is 4.62. The second-order valence-electron chi connectivity index (χ2n) is 7.02. The van der Waals surface area contributed by atoms with Gasteiger partial charge < -0.3 is 15.2 Å². The number of sulfonamides is 1. The first-order valence-corrected chi connectivity index (χ1v) is 11.1. The number of halogens is 1. The lowest BCUT2D eigenvalue weighted by Gasteiger charge is -2.15. The standard InChI is InChI=1S/C21H22FN5O4S/c1-14(26-32(30,31)18-6-4-17(5-7-18)25-15(2)28)21(29)24-12-16-3-8-20(19(22)11-16)27-10-9-23-13-27/h3-11,13-14,26H,12H2,1-2H3,(H,24,29)(H,25,28)/t14-/m0/s1. The lowest BCUT2D eigenvalue weighted by Crippen LogP contribution is -2.44. The van der Waals surface area contributed by atoms with Crippen LogP contribution >= 0.6 is 0 Å². The Balaban J connectivity index is 1.58. The van der Waals surface area contributed by atoms with E-state index in [-0.39, 0.29) is 17.3 Å². The fraction of sp³-hybridized carbons (Fsp3) is 0.190. The van der Waals surface area contributed by atoms with E-state index < -0.39 is 27.8 Å². The van der Waals surface area contributed by atoms with Gasteiger partial charge in [-0.15, -0.1) is 0 Å². The third-order valence-electron chi connectivity index (χ3n) is 4.47. The molecule has 0 saturated heterocycles. The van der Waals surface area contributed by atoms with Gasteiger partial charge in [-0.2, -0.15) is 4.72 Å². The Morgan fingerprint density at radius 2 is 1.88 bits per heavy atom. The van der Waals surface area contributed by atoms with Crippen molar-refractivity contribution >= 4 is 27.5 Å². The van der Waals surface area contributed by atoms with E-state index in [0.29, 0.717) is 16.9 Å².